The van der Waals surface area contributed by atoms with Crippen molar-refractivity contribution in [3.8, 4) is 22.9 Å². The summed E-state index contributed by atoms with van der Waals surface area (Å²) in [7, 11) is -12.5. The zero-order valence-corrected chi connectivity index (χ0v) is 34.1. The monoisotopic (exact) mass is 907 g/mol. The molecule has 0 radical (unpaired) electrons. The molecule has 4 aromatic carbocycles. The number of aromatic hydroxyl groups is 1. The van der Waals surface area contributed by atoms with Gasteiger partial charge >= 0.3 is 10.4 Å². The van der Waals surface area contributed by atoms with Crippen LogP contribution in [0.5, 0.6) is 11.5 Å². The molecule has 0 aliphatic rings. The second-order valence-electron chi connectivity index (χ2n) is 10.9. The highest BCUT2D eigenvalue weighted by atomic mass is 32.3. The number of thioether (sulfide) groups is 1. The van der Waals surface area contributed by atoms with Gasteiger partial charge < -0.3 is 25.8 Å². The number of nitrogens with two attached hydrogens (primary N) is 1. The topological polar surface area (TPSA) is 346 Å². The first kappa shape index (κ1) is 47.7. The van der Waals surface area contributed by atoms with Gasteiger partial charge in [-0.25, -0.2) is 13.7 Å². The maximum Gasteiger partial charge on any atom is 0.433 e. The lowest BCUT2D eigenvalue weighted by Crippen LogP contribution is -2.11. The van der Waals surface area contributed by atoms with E-state index in [0.29, 0.717) is 23.5 Å². The van der Waals surface area contributed by atoms with E-state index in [1.807, 2.05) is 6.11 Å². The van der Waals surface area contributed by atoms with Crippen LogP contribution in [0.4, 0.5) is 28.4 Å². The van der Waals surface area contributed by atoms with E-state index in [9.17, 15) is 34.9 Å². The first-order valence-electron chi connectivity index (χ1n) is 15.6. The highest BCUT2D eigenvalue weighted by Gasteiger charge is 2.26. The predicted molar refractivity (Wildman–Crippen MR) is 207 cm³/mol. The molecule has 4 aromatic rings. The number of sulfone groups is 1. The summed E-state index contributed by atoms with van der Waals surface area (Å²) in [4.78, 5) is 3.61. The minimum absolute atomic E-state index is 0. The number of fused-ring (bicyclic) bond motifs is 1. The van der Waals surface area contributed by atoms with Crippen molar-refractivity contribution in [1.82, 2.24) is 0 Å². The molecule has 0 spiro atoms. The van der Waals surface area contributed by atoms with E-state index in [2.05, 4.69) is 44.3 Å². The van der Waals surface area contributed by atoms with Gasteiger partial charge in [0.25, 0.3) is 10.1 Å². The van der Waals surface area contributed by atoms with Gasteiger partial charge in [0, 0.05) is 29.4 Å². The van der Waals surface area contributed by atoms with Crippen LogP contribution in [0.25, 0.3) is 10.8 Å². The molecule has 0 heterocycles. The van der Waals surface area contributed by atoms with Crippen molar-refractivity contribution in [3.63, 3.8) is 0 Å². The Labute approximate surface area is 339 Å². The minimum Gasteiger partial charge on any atom is -0.505 e. The quantitative estimate of drug-likeness (QED) is 0.00867. The van der Waals surface area contributed by atoms with Gasteiger partial charge in [-0.1, -0.05) is 5.04 Å². The number of phenols is 1. The van der Waals surface area contributed by atoms with Crippen LogP contribution in [0.3, 0.4) is 0 Å². The molecule has 0 saturated heterocycles. The molecule has 0 amide bonds. The molecule has 314 valence electrons. The highest BCUT2D eigenvalue weighted by Crippen LogP contribution is 2.50. The minimum atomic E-state index is -5.11. The second-order valence-corrected chi connectivity index (χ2v) is 17.0. The fourth-order valence-corrected chi connectivity index (χ4v) is 8.11. The SMILES string of the molecule is CCOCCCS(=O)(=O)c1cc(OC)c(N=Nc2c(S(=O)(=O)O)cc3cc(SOOO)c(N=Nc4ccc(SC#COOS(=O)(=O)O)cc4)c(N)c3c2O)cc1C.O. The van der Waals surface area contributed by atoms with Crippen molar-refractivity contribution >= 4 is 93.4 Å². The molecule has 8 N–H and O–H groups in total. The first-order valence-corrected chi connectivity index (χ1v) is 21.6. The maximum atomic E-state index is 13.1. The van der Waals surface area contributed by atoms with E-state index in [1.165, 1.54) is 44.4 Å². The molecule has 0 saturated carbocycles. The predicted octanol–water partition coefficient (Wildman–Crippen LogP) is 6.09. The molecular weight excluding hydrogens is 875 g/mol. The van der Waals surface area contributed by atoms with Crippen molar-refractivity contribution in [3.05, 3.63) is 54.1 Å². The van der Waals surface area contributed by atoms with Gasteiger partial charge in [0.05, 0.1) is 51.5 Å². The molecule has 0 unspecified atom stereocenters. The molecule has 22 nitrogen and oxygen atoms in total. The summed E-state index contributed by atoms with van der Waals surface area (Å²) in [6.07, 6.45) is 2.15. The van der Waals surface area contributed by atoms with Crippen LogP contribution in [-0.4, -0.2) is 76.3 Å². The summed E-state index contributed by atoms with van der Waals surface area (Å²) in [5, 5.41) is 42.2. The van der Waals surface area contributed by atoms with Crippen molar-refractivity contribution in [2.45, 2.75) is 39.9 Å². The van der Waals surface area contributed by atoms with Crippen molar-refractivity contribution in [2.24, 2.45) is 20.5 Å². The van der Waals surface area contributed by atoms with Crippen LogP contribution in [-0.2, 0) is 53.7 Å². The Bertz CT molecular complexity index is 2580. The zero-order chi connectivity index (χ0) is 42.0. The highest BCUT2D eigenvalue weighted by molar-refractivity contribution is 8.04. The van der Waals surface area contributed by atoms with Crippen LogP contribution in [0.1, 0.15) is 18.9 Å². The molecule has 0 fully saturated rings. The molecule has 0 atom stereocenters. The van der Waals surface area contributed by atoms with E-state index in [1.54, 1.807) is 19.1 Å². The lowest BCUT2D eigenvalue weighted by Gasteiger charge is -2.14. The number of aryl methyl sites for hydroxylation is 1. The van der Waals surface area contributed by atoms with E-state index in [4.69, 9.17) is 25.0 Å². The summed E-state index contributed by atoms with van der Waals surface area (Å²) in [5.41, 5.74) is 5.67. The number of hydrogen-bond acceptors (Lipinski definition) is 21. The second kappa shape index (κ2) is 20.8. The number of nitrogen functional groups attached to an aromatic ring is 1. The maximum absolute atomic E-state index is 13.1. The average molecular weight is 908 g/mol. The van der Waals surface area contributed by atoms with Crippen molar-refractivity contribution in [2.75, 3.05) is 31.8 Å². The molecule has 0 bridgehead atoms. The number of nitrogens with zero attached hydrogens (tertiary/aromatic N) is 4. The van der Waals surface area contributed by atoms with Gasteiger partial charge in [-0.2, -0.15) is 21.9 Å². The fourth-order valence-electron chi connectivity index (χ4n) is 4.81. The number of azo groups is 2. The molecule has 0 aliphatic carbocycles. The number of anilines is 1. The molecule has 58 heavy (non-hydrogen) atoms. The lowest BCUT2D eigenvalue weighted by atomic mass is 10.1. The Morgan fingerprint density at radius 1 is 0.914 bits per heavy atom. The Hall–Kier alpha value is -4.67. The first-order chi connectivity index (χ1) is 26.9. The number of phenolic OH excluding ortho intramolecular Hbond substituents is 1. The van der Waals surface area contributed by atoms with E-state index < -0.39 is 46.7 Å². The van der Waals surface area contributed by atoms with Crippen molar-refractivity contribution < 1.29 is 78.3 Å². The van der Waals surface area contributed by atoms with Gasteiger partial charge in [0.1, 0.15) is 27.7 Å². The standard InChI is InChI=1S/C31H31N5O16S5.H2O/c1-4-48-10-5-13-55(39,40)25-17-23(47-3)22(14-18(25)2)34-36-30-26(56(41,42)43)16-19-15-24(54-51-50-38)29(28(32)27(19)31(30)37)35-33-20-6-8-21(9-7-20)53-12-11-49-52-57(44,45)46;/h6-9,14-17,37-38H,4-5,10,13,32H2,1-3H3,(H,41,42,43)(H,44,45,46);1H2. The molecule has 0 aromatic heterocycles. The lowest BCUT2D eigenvalue weighted by molar-refractivity contribution is -0.432. The van der Waals surface area contributed by atoms with E-state index in [-0.39, 0.29) is 78.9 Å². The molecule has 4 rings (SSSR count). The number of rotatable bonds is 18. The Balaban J connectivity index is 0.00000900. The van der Waals surface area contributed by atoms with Gasteiger partial charge in [0.2, 0.25) is 0 Å². The number of methoxy groups -OCH3 is 1. The Morgan fingerprint density at radius 2 is 1.60 bits per heavy atom. The van der Waals surface area contributed by atoms with E-state index in [0.717, 1.165) is 17.8 Å². The number of benzene rings is 4. The summed E-state index contributed by atoms with van der Waals surface area (Å²) in [6, 6.07) is 10.8. The largest absolute Gasteiger partial charge is 0.505 e. The summed E-state index contributed by atoms with van der Waals surface area (Å²) >= 11 is 1.27. The third-order valence-electron chi connectivity index (χ3n) is 7.20. The molecule has 27 heteroatoms. The fraction of sp³-hybridized carbons (Fsp3) is 0.226. The zero-order valence-electron chi connectivity index (χ0n) is 30.0. The van der Waals surface area contributed by atoms with Gasteiger partial charge in [-0.3, -0.25) is 14.0 Å². The Kier molecular flexibility index (Phi) is 17.1. The van der Waals surface area contributed by atoms with Gasteiger partial charge in [-0.05, 0) is 89.8 Å². The van der Waals surface area contributed by atoms with Gasteiger partial charge in [-0.15, -0.1) is 19.7 Å². The molecule has 0 aliphatic heterocycles. The normalized spacial score (nSPS) is 12.1. The average Bonchev–Trinajstić information content (AvgIpc) is 3.14. The van der Waals surface area contributed by atoms with Crippen LogP contribution in [0, 0.1) is 18.3 Å². The summed E-state index contributed by atoms with van der Waals surface area (Å²) < 4.78 is 110. The van der Waals surface area contributed by atoms with Crippen LogP contribution >= 0.6 is 23.8 Å². The Morgan fingerprint density at radius 3 is 2.22 bits per heavy atom. The number of ether oxygens (including phenoxy) is 2. The summed E-state index contributed by atoms with van der Waals surface area (Å²) in [6.45, 7) is 3.98. The van der Waals surface area contributed by atoms with Crippen molar-refractivity contribution in [1.29, 1.82) is 0 Å². The third kappa shape index (κ3) is 12.7. The molecular formula is C31H33N5O17S5. The van der Waals surface area contributed by atoms with Gasteiger partial charge in [0.15, 0.2) is 21.7 Å². The van der Waals surface area contributed by atoms with Crippen LogP contribution < -0.4 is 10.5 Å². The third-order valence-corrected chi connectivity index (χ3v) is 11.6. The van der Waals surface area contributed by atoms with E-state index >= 15 is 0 Å². The summed E-state index contributed by atoms with van der Waals surface area (Å²) in [5.74, 6) is -1.13. The number of hydrogen-bond donors (Lipinski definition) is 5. The van der Waals surface area contributed by atoms with Crippen LogP contribution in [0.2, 0.25) is 0 Å². The smallest absolute Gasteiger partial charge is 0.433 e. The van der Waals surface area contributed by atoms with Crippen LogP contribution in [0.15, 0.2) is 88.6 Å².